The summed E-state index contributed by atoms with van der Waals surface area (Å²) in [5, 5.41) is 4.29. The minimum Gasteiger partial charge on any atom is -0.369 e. The third-order valence-corrected chi connectivity index (χ3v) is 2.38. The Hall–Kier alpha value is -1.78. The van der Waals surface area contributed by atoms with Crippen molar-refractivity contribution in [2.45, 2.75) is 20.4 Å². The summed E-state index contributed by atoms with van der Waals surface area (Å²) in [4.78, 5) is 4.16. The van der Waals surface area contributed by atoms with Crippen molar-refractivity contribution in [3.05, 3.63) is 29.3 Å². The molecule has 0 unspecified atom stereocenters. The van der Waals surface area contributed by atoms with Crippen molar-refractivity contribution in [1.82, 2.24) is 19.3 Å². The fourth-order valence-electron chi connectivity index (χ4n) is 1.68. The van der Waals surface area contributed by atoms with Crippen LogP contribution in [0.4, 0.5) is 5.95 Å². The monoisotopic (exact) mass is 205 g/mol. The standard InChI is InChI=1S/C10H15N5/c1-7-4-15(10(11)12-7)6-9-5-14(3)13-8(9)2/h4-5H,6H2,1-3H3,(H2,11,12). The first-order valence-electron chi connectivity index (χ1n) is 4.84. The molecule has 0 amide bonds. The molecule has 0 bridgehead atoms. The molecule has 0 fully saturated rings. The van der Waals surface area contributed by atoms with Crippen molar-refractivity contribution in [2.75, 3.05) is 5.73 Å². The van der Waals surface area contributed by atoms with Gasteiger partial charge in [-0.1, -0.05) is 0 Å². The highest BCUT2D eigenvalue weighted by Gasteiger charge is 2.06. The Morgan fingerprint density at radius 3 is 2.53 bits per heavy atom. The molecule has 0 aliphatic rings. The molecular formula is C10H15N5. The first kappa shape index (κ1) is 9.76. The SMILES string of the molecule is Cc1cn(Cc2cn(C)nc2C)c(N)n1. The second-order valence-electron chi connectivity index (χ2n) is 3.78. The fraction of sp³-hybridized carbons (Fsp3) is 0.400. The van der Waals surface area contributed by atoms with E-state index in [9.17, 15) is 0 Å². The Kier molecular flexibility index (Phi) is 2.22. The molecule has 2 aromatic rings. The lowest BCUT2D eigenvalue weighted by atomic mass is 10.2. The first-order valence-corrected chi connectivity index (χ1v) is 4.84. The van der Waals surface area contributed by atoms with Crippen LogP contribution in [0.25, 0.3) is 0 Å². The lowest BCUT2D eigenvalue weighted by Crippen LogP contribution is -2.03. The van der Waals surface area contributed by atoms with Crippen molar-refractivity contribution >= 4 is 5.95 Å². The summed E-state index contributed by atoms with van der Waals surface area (Å²) in [6.45, 7) is 4.66. The van der Waals surface area contributed by atoms with Gasteiger partial charge in [-0.2, -0.15) is 5.10 Å². The molecule has 0 radical (unpaired) electrons. The predicted octanol–water partition coefficient (Wildman–Crippen LogP) is 0.864. The van der Waals surface area contributed by atoms with E-state index in [4.69, 9.17) is 5.73 Å². The molecule has 2 heterocycles. The molecule has 80 valence electrons. The van der Waals surface area contributed by atoms with E-state index in [2.05, 4.69) is 10.1 Å². The highest BCUT2D eigenvalue weighted by Crippen LogP contribution is 2.11. The van der Waals surface area contributed by atoms with Gasteiger partial charge in [0.05, 0.1) is 17.9 Å². The zero-order chi connectivity index (χ0) is 11.0. The molecule has 0 aliphatic heterocycles. The minimum absolute atomic E-state index is 0.552. The number of hydrogen-bond donors (Lipinski definition) is 1. The van der Waals surface area contributed by atoms with E-state index in [0.717, 1.165) is 17.9 Å². The van der Waals surface area contributed by atoms with Crippen molar-refractivity contribution in [3.63, 3.8) is 0 Å². The first-order chi connectivity index (χ1) is 7.06. The lowest BCUT2D eigenvalue weighted by Gasteiger charge is -2.02. The molecule has 0 saturated carbocycles. The van der Waals surface area contributed by atoms with Crippen molar-refractivity contribution < 1.29 is 0 Å². The van der Waals surface area contributed by atoms with Crippen LogP contribution >= 0.6 is 0 Å². The molecule has 2 aromatic heterocycles. The largest absolute Gasteiger partial charge is 0.369 e. The Morgan fingerprint density at radius 2 is 2.07 bits per heavy atom. The van der Waals surface area contributed by atoms with Crippen LogP contribution in [-0.2, 0) is 13.6 Å². The van der Waals surface area contributed by atoms with Crippen LogP contribution in [0.5, 0.6) is 0 Å². The van der Waals surface area contributed by atoms with Gasteiger partial charge < -0.3 is 10.3 Å². The minimum atomic E-state index is 0.552. The molecular weight excluding hydrogens is 190 g/mol. The molecule has 0 aliphatic carbocycles. The molecule has 0 atom stereocenters. The maximum atomic E-state index is 5.77. The molecule has 0 spiro atoms. The topological polar surface area (TPSA) is 61.7 Å². The number of aryl methyl sites for hydroxylation is 3. The maximum absolute atomic E-state index is 5.77. The summed E-state index contributed by atoms with van der Waals surface area (Å²) in [5.74, 6) is 0.552. The van der Waals surface area contributed by atoms with E-state index < -0.39 is 0 Å². The third kappa shape index (κ3) is 1.86. The lowest BCUT2D eigenvalue weighted by molar-refractivity contribution is 0.755. The van der Waals surface area contributed by atoms with Gasteiger partial charge in [0.1, 0.15) is 0 Å². The second-order valence-corrected chi connectivity index (χ2v) is 3.78. The van der Waals surface area contributed by atoms with Crippen LogP contribution in [0, 0.1) is 13.8 Å². The van der Waals surface area contributed by atoms with E-state index in [-0.39, 0.29) is 0 Å². The predicted molar refractivity (Wildman–Crippen MR) is 58.4 cm³/mol. The fourth-order valence-corrected chi connectivity index (χ4v) is 1.68. The van der Waals surface area contributed by atoms with Crippen molar-refractivity contribution in [3.8, 4) is 0 Å². The number of nitrogen functional groups attached to an aromatic ring is 1. The number of rotatable bonds is 2. The maximum Gasteiger partial charge on any atom is 0.200 e. The summed E-state index contributed by atoms with van der Waals surface area (Å²) in [5.41, 5.74) is 8.91. The van der Waals surface area contributed by atoms with E-state index in [1.165, 1.54) is 5.56 Å². The van der Waals surface area contributed by atoms with Crippen LogP contribution in [0.1, 0.15) is 17.0 Å². The van der Waals surface area contributed by atoms with Gasteiger partial charge in [0.2, 0.25) is 5.95 Å². The zero-order valence-corrected chi connectivity index (χ0v) is 9.23. The number of anilines is 1. The zero-order valence-electron chi connectivity index (χ0n) is 9.23. The van der Waals surface area contributed by atoms with E-state index in [0.29, 0.717) is 5.95 Å². The van der Waals surface area contributed by atoms with Gasteiger partial charge in [-0.25, -0.2) is 4.98 Å². The normalized spacial score (nSPS) is 10.9. The summed E-state index contributed by atoms with van der Waals surface area (Å²) in [6.07, 6.45) is 3.95. The van der Waals surface area contributed by atoms with Gasteiger partial charge >= 0.3 is 0 Å². The smallest absolute Gasteiger partial charge is 0.200 e. The Balaban J connectivity index is 2.29. The average Bonchev–Trinajstić information content (AvgIpc) is 2.58. The number of hydrogen-bond acceptors (Lipinski definition) is 3. The Morgan fingerprint density at radius 1 is 1.33 bits per heavy atom. The number of nitrogens with two attached hydrogens (primary N) is 1. The number of aromatic nitrogens is 4. The molecule has 15 heavy (non-hydrogen) atoms. The molecule has 5 nitrogen and oxygen atoms in total. The Bertz CT molecular complexity index is 436. The molecule has 0 aromatic carbocycles. The molecule has 2 rings (SSSR count). The molecule has 0 saturated heterocycles. The van der Waals surface area contributed by atoms with Gasteiger partial charge in [0, 0.05) is 25.0 Å². The van der Waals surface area contributed by atoms with Crippen LogP contribution in [0.2, 0.25) is 0 Å². The van der Waals surface area contributed by atoms with Crippen LogP contribution in [-0.4, -0.2) is 19.3 Å². The highest BCUT2D eigenvalue weighted by molar-refractivity contribution is 5.25. The van der Waals surface area contributed by atoms with Crippen LogP contribution in [0.15, 0.2) is 12.4 Å². The van der Waals surface area contributed by atoms with Gasteiger partial charge in [0.25, 0.3) is 0 Å². The van der Waals surface area contributed by atoms with E-state index in [1.807, 2.05) is 42.5 Å². The van der Waals surface area contributed by atoms with Crippen LogP contribution < -0.4 is 5.73 Å². The third-order valence-electron chi connectivity index (χ3n) is 2.38. The number of imidazole rings is 1. The molecule has 2 N–H and O–H groups in total. The van der Waals surface area contributed by atoms with E-state index >= 15 is 0 Å². The summed E-state index contributed by atoms with van der Waals surface area (Å²) in [6, 6.07) is 0. The average molecular weight is 205 g/mol. The number of nitrogens with zero attached hydrogens (tertiary/aromatic N) is 4. The van der Waals surface area contributed by atoms with Gasteiger partial charge in [-0.3, -0.25) is 4.68 Å². The van der Waals surface area contributed by atoms with Gasteiger partial charge in [-0.05, 0) is 13.8 Å². The van der Waals surface area contributed by atoms with E-state index in [1.54, 1.807) is 0 Å². The Labute approximate surface area is 88.5 Å². The van der Waals surface area contributed by atoms with Crippen molar-refractivity contribution in [1.29, 1.82) is 0 Å². The molecule has 5 heteroatoms. The summed E-state index contributed by atoms with van der Waals surface area (Å²) >= 11 is 0. The van der Waals surface area contributed by atoms with Gasteiger partial charge in [0.15, 0.2) is 0 Å². The quantitative estimate of drug-likeness (QED) is 0.791. The van der Waals surface area contributed by atoms with Gasteiger partial charge in [-0.15, -0.1) is 0 Å². The van der Waals surface area contributed by atoms with Crippen molar-refractivity contribution in [2.24, 2.45) is 7.05 Å². The highest BCUT2D eigenvalue weighted by atomic mass is 15.3. The second kappa shape index (κ2) is 3.42. The summed E-state index contributed by atoms with van der Waals surface area (Å²) < 4.78 is 3.74. The summed E-state index contributed by atoms with van der Waals surface area (Å²) in [7, 11) is 1.92. The van der Waals surface area contributed by atoms with Crippen LogP contribution in [0.3, 0.4) is 0 Å².